The fourth-order valence-corrected chi connectivity index (χ4v) is 8.65. The Labute approximate surface area is 193 Å². The van der Waals surface area contributed by atoms with Crippen molar-refractivity contribution >= 4 is 11.8 Å². The molecule has 0 spiro atoms. The molecule has 32 heavy (non-hydrogen) atoms. The van der Waals surface area contributed by atoms with Gasteiger partial charge in [0, 0.05) is 18.4 Å². The predicted octanol–water partition coefficient (Wildman–Crippen LogP) is 5.50. The lowest BCUT2D eigenvalue weighted by molar-refractivity contribution is -0.137. The Bertz CT molecular complexity index is 812. The fraction of sp³-hybridized carbons (Fsp3) is 0.786. The normalized spacial score (nSPS) is 44.4. The highest BCUT2D eigenvalue weighted by Crippen LogP contribution is 2.68. The summed E-state index contributed by atoms with van der Waals surface area (Å²) in [6.45, 7) is 11.5. The summed E-state index contributed by atoms with van der Waals surface area (Å²) in [5.41, 5.74) is 1.47. The van der Waals surface area contributed by atoms with Gasteiger partial charge in [-0.25, -0.2) is 4.79 Å². The van der Waals surface area contributed by atoms with Crippen LogP contribution in [-0.4, -0.2) is 29.6 Å². The highest BCUT2D eigenvalue weighted by Gasteiger charge is 2.63. The number of hydrogen-bond donors (Lipinski definition) is 1. The molecule has 0 heterocycles. The lowest BCUT2D eigenvalue weighted by Gasteiger charge is -2.61. The molecule has 4 rings (SSSR count). The smallest absolute Gasteiger partial charge is 0.330 e. The molecule has 4 nitrogen and oxygen atoms in total. The third-order valence-corrected chi connectivity index (χ3v) is 10.2. The minimum Gasteiger partial charge on any atom is -0.463 e. The molecule has 4 aliphatic carbocycles. The number of ether oxygens (including phenoxy) is 1. The predicted molar refractivity (Wildman–Crippen MR) is 126 cm³/mol. The van der Waals surface area contributed by atoms with Crippen LogP contribution >= 0.6 is 0 Å². The summed E-state index contributed by atoms with van der Waals surface area (Å²) in [5, 5.41) is 11.7. The van der Waals surface area contributed by atoms with Crippen molar-refractivity contribution in [3.63, 3.8) is 0 Å². The number of aliphatic hydroxyl groups excluding tert-OH is 1. The lowest BCUT2D eigenvalue weighted by atomic mass is 9.43. The molecule has 0 radical (unpaired) electrons. The monoisotopic (exact) mass is 442 g/mol. The number of esters is 1. The van der Waals surface area contributed by atoms with Crippen LogP contribution in [0.2, 0.25) is 0 Å². The number of carbonyl (C=O) groups excluding carboxylic acids is 2. The van der Waals surface area contributed by atoms with Crippen LogP contribution in [0.15, 0.2) is 23.8 Å². The summed E-state index contributed by atoms with van der Waals surface area (Å²) >= 11 is 0. The second-order valence-electron chi connectivity index (χ2n) is 11.5. The van der Waals surface area contributed by atoms with Crippen LogP contribution in [0.25, 0.3) is 0 Å². The Morgan fingerprint density at radius 3 is 2.66 bits per heavy atom. The van der Waals surface area contributed by atoms with Crippen LogP contribution in [0.3, 0.4) is 0 Å². The summed E-state index contributed by atoms with van der Waals surface area (Å²) in [6.07, 6.45) is 12.3. The summed E-state index contributed by atoms with van der Waals surface area (Å²) in [7, 11) is 0. The first kappa shape index (κ1) is 23.7. The summed E-state index contributed by atoms with van der Waals surface area (Å²) in [5.74, 6) is 2.19. The van der Waals surface area contributed by atoms with Gasteiger partial charge in [0.2, 0.25) is 0 Å². The summed E-state index contributed by atoms with van der Waals surface area (Å²) < 4.78 is 5.08. The maximum Gasteiger partial charge on any atom is 0.330 e. The van der Waals surface area contributed by atoms with Crippen LogP contribution in [0.5, 0.6) is 0 Å². The molecule has 178 valence electrons. The molecule has 0 bridgehead atoms. The van der Waals surface area contributed by atoms with Crippen molar-refractivity contribution in [2.75, 3.05) is 6.61 Å². The third-order valence-electron chi connectivity index (χ3n) is 10.2. The summed E-state index contributed by atoms with van der Waals surface area (Å²) in [4.78, 5) is 24.1. The molecule has 0 aromatic heterocycles. The van der Waals surface area contributed by atoms with E-state index >= 15 is 0 Å². The van der Waals surface area contributed by atoms with E-state index in [4.69, 9.17) is 4.74 Å². The van der Waals surface area contributed by atoms with E-state index in [2.05, 4.69) is 27.7 Å². The number of ketones is 1. The molecule has 3 saturated carbocycles. The van der Waals surface area contributed by atoms with Gasteiger partial charge in [-0.1, -0.05) is 39.3 Å². The SMILES string of the molecule is CCOC(=O)/C=C/[C@@H](C)[C@H]1CC[C@H]2[C@@H]3[C@@H](O)[C@@H](CC)C4=CC(=O)CC[C@]4(C)[C@H]3CC[C@]12C. The molecule has 0 aromatic rings. The van der Waals surface area contributed by atoms with Gasteiger partial charge >= 0.3 is 5.97 Å². The van der Waals surface area contributed by atoms with Crippen molar-refractivity contribution in [3.8, 4) is 0 Å². The highest BCUT2D eigenvalue weighted by molar-refractivity contribution is 5.91. The van der Waals surface area contributed by atoms with E-state index in [0.717, 1.165) is 32.1 Å². The van der Waals surface area contributed by atoms with Crippen molar-refractivity contribution in [3.05, 3.63) is 23.8 Å². The standard InChI is InChI=1S/C28H42O4/c1-6-19-23-16-18(29)12-14-28(23,5)22-13-15-27(4)20(9-10-21(27)25(22)26(19)31)17(3)8-11-24(30)32-7-2/h8,11,16-17,19-22,25-26,31H,6-7,9-10,12-15H2,1-5H3/b11-8+/t17-,19+,20-,21+,22+,25+,26+,27-,28-/m1/s1. The van der Waals surface area contributed by atoms with Crippen LogP contribution in [-0.2, 0) is 14.3 Å². The number of rotatable bonds is 5. The van der Waals surface area contributed by atoms with E-state index < -0.39 is 0 Å². The molecule has 3 fully saturated rings. The number of hydrogen-bond acceptors (Lipinski definition) is 4. The molecule has 0 unspecified atom stereocenters. The second-order valence-corrected chi connectivity index (χ2v) is 11.5. The molecule has 0 aromatic carbocycles. The highest BCUT2D eigenvalue weighted by atomic mass is 16.5. The number of fused-ring (bicyclic) bond motifs is 5. The van der Waals surface area contributed by atoms with E-state index in [1.807, 2.05) is 19.1 Å². The fourth-order valence-electron chi connectivity index (χ4n) is 8.65. The van der Waals surface area contributed by atoms with Crippen molar-refractivity contribution in [2.24, 2.45) is 46.3 Å². The molecule has 4 heteroatoms. The van der Waals surface area contributed by atoms with Crippen LogP contribution in [0.4, 0.5) is 0 Å². The van der Waals surface area contributed by atoms with Crippen LogP contribution in [0.1, 0.15) is 79.6 Å². The summed E-state index contributed by atoms with van der Waals surface area (Å²) in [6, 6.07) is 0. The van der Waals surface area contributed by atoms with Gasteiger partial charge in [-0.3, -0.25) is 4.79 Å². The minimum atomic E-state index is -0.357. The number of aliphatic hydroxyl groups is 1. The first-order valence-electron chi connectivity index (χ1n) is 12.9. The van der Waals surface area contributed by atoms with Gasteiger partial charge in [0.05, 0.1) is 12.7 Å². The van der Waals surface area contributed by atoms with Gasteiger partial charge in [0.1, 0.15) is 0 Å². The molecular formula is C28H42O4. The van der Waals surface area contributed by atoms with Crippen molar-refractivity contribution < 1.29 is 19.4 Å². The van der Waals surface area contributed by atoms with Gasteiger partial charge in [0.25, 0.3) is 0 Å². The van der Waals surface area contributed by atoms with Gasteiger partial charge in [0.15, 0.2) is 5.78 Å². The first-order chi connectivity index (χ1) is 15.2. The average Bonchev–Trinajstić information content (AvgIpc) is 3.11. The van der Waals surface area contributed by atoms with Gasteiger partial charge in [-0.15, -0.1) is 0 Å². The maximum atomic E-state index is 12.3. The zero-order valence-corrected chi connectivity index (χ0v) is 20.6. The Kier molecular flexibility index (Phi) is 6.48. The van der Waals surface area contributed by atoms with Crippen molar-refractivity contribution in [2.45, 2.75) is 85.7 Å². The molecule has 0 amide bonds. The zero-order chi connectivity index (χ0) is 23.3. The van der Waals surface area contributed by atoms with E-state index in [0.29, 0.717) is 42.6 Å². The average molecular weight is 443 g/mol. The van der Waals surface area contributed by atoms with Gasteiger partial charge in [-0.05, 0) is 91.9 Å². The van der Waals surface area contributed by atoms with Crippen LogP contribution < -0.4 is 0 Å². The Morgan fingerprint density at radius 1 is 1.22 bits per heavy atom. The Morgan fingerprint density at radius 2 is 1.97 bits per heavy atom. The molecule has 1 N–H and O–H groups in total. The van der Waals surface area contributed by atoms with Crippen molar-refractivity contribution in [1.82, 2.24) is 0 Å². The Hall–Kier alpha value is -1.42. The molecule has 0 saturated heterocycles. The zero-order valence-electron chi connectivity index (χ0n) is 20.6. The number of carbonyl (C=O) groups is 2. The second kappa shape index (κ2) is 8.74. The molecule has 4 aliphatic rings. The molecular weight excluding hydrogens is 400 g/mol. The Balaban J connectivity index is 1.62. The largest absolute Gasteiger partial charge is 0.463 e. The van der Waals surface area contributed by atoms with Gasteiger partial charge < -0.3 is 9.84 Å². The van der Waals surface area contributed by atoms with Crippen LogP contribution in [0, 0.1) is 46.3 Å². The first-order valence-corrected chi connectivity index (χ1v) is 12.9. The number of allylic oxidation sites excluding steroid dienone is 1. The quantitative estimate of drug-likeness (QED) is 0.451. The van der Waals surface area contributed by atoms with Crippen molar-refractivity contribution in [1.29, 1.82) is 0 Å². The lowest BCUT2D eigenvalue weighted by Crippen LogP contribution is -2.58. The van der Waals surface area contributed by atoms with E-state index in [9.17, 15) is 14.7 Å². The maximum absolute atomic E-state index is 12.3. The van der Waals surface area contributed by atoms with Gasteiger partial charge in [-0.2, -0.15) is 0 Å². The van der Waals surface area contributed by atoms with E-state index in [1.54, 1.807) is 6.08 Å². The topological polar surface area (TPSA) is 63.6 Å². The molecule has 9 atom stereocenters. The van der Waals surface area contributed by atoms with E-state index in [-0.39, 0.29) is 34.6 Å². The third kappa shape index (κ3) is 3.61. The minimum absolute atomic E-state index is 0.0489. The molecule has 0 aliphatic heterocycles. The van der Waals surface area contributed by atoms with E-state index in [1.165, 1.54) is 12.0 Å².